The molecule has 0 aliphatic carbocycles. The first kappa shape index (κ1) is 22.4. The predicted octanol–water partition coefficient (Wildman–Crippen LogP) is 5.66. The Morgan fingerprint density at radius 3 is 2.45 bits per heavy atom. The Bertz CT molecular complexity index is 1020. The summed E-state index contributed by atoms with van der Waals surface area (Å²) in [5.41, 5.74) is 3.08. The van der Waals surface area contributed by atoms with Gasteiger partial charge in [0, 0.05) is 18.4 Å². The van der Waals surface area contributed by atoms with Gasteiger partial charge >= 0.3 is 0 Å². The van der Waals surface area contributed by atoms with Crippen molar-refractivity contribution in [2.45, 2.75) is 40.5 Å². The number of carbonyl (C=O) groups is 1. The average Bonchev–Trinajstić information content (AvgIpc) is 3.24. The summed E-state index contributed by atoms with van der Waals surface area (Å²) in [6.45, 7) is 9.32. The second kappa shape index (κ2) is 10.7. The fraction of sp³-hybridized carbons (Fsp3) is 0.360. The molecule has 1 aromatic heterocycles. The van der Waals surface area contributed by atoms with Crippen LogP contribution >= 0.6 is 0 Å². The minimum absolute atomic E-state index is 0.0244. The highest BCUT2D eigenvalue weighted by Gasteiger charge is 2.16. The second-order valence-electron chi connectivity index (χ2n) is 6.98. The van der Waals surface area contributed by atoms with E-state index in [1.165, 1.54) is 0 Å². The first-order valence-electron chi connectivity index (χ1n) is 10.7. The highest BCUT2D eigenvalue weighted by molar-refractivity contribution is 5.99. The van der Waals surface area contributed by atoms with Crippen LogP contribution in [0.4, 0.5) is 0 Å². The number of nitrogens with zero attached hydrogens (tertiary/aromatic N) is 1. The van der Waals surface area contributed by atoms with Crippen molar-refractivity contribution in [3.05, 3.63) is 59.5 Å². The van der Waals surface area contributed by atoms with Gasteiger partial charge in [-0.1, -0.05) is 12.1 Å². The third-order valence-electron chi connectivity index (χ3n) is 4.75. The SMILES string of the molecule is CCOc1ccc(-c2nc(CCC(=O)c3cccc(C)c3OCC)co2)cc1OCC. The van der Waals surface area contributed by atoms with Crippen molar-refractivity contribution in [3.8, 4) is 28.7 Å². The summed E-state index contributed by atoms with van der Waals surface area (Å²) in [5, 5.41) is 0. The molecular weight excluding hydrogens is 394 g/mol. The Balaban J connectivity index is 1.72. The molecule has 0 bridgehead atoms. The van der Waals surface area contributed by atoms with Gasteiger partial charge < -0.3 is 18.6 Å². The van der Waals surface area contributed by atoms with Crippen LogP contribution in [-0.4, -0.2) is 30.6 Å². The zero-order valence-electron chi connectivity index (χ0n) is 18.6. The third-order valence-corrected chi connectivity index (χ3v) is 4.75. The van der Waals surface area contributed by atoms with Crippen molar-refractivity contribution >= 4 is 5.78 Å². The molecule has 6 nitrogen and oxygen atoms in total. The minimum Gasteiger partial charge on any atom is -0.493 e. The molecule has 31 heavy (non-hydrogen) atoms. The number of aromatic nitrogens is 1. The zero-order chi connectivity index (χ0) is 22.2. The summed E-state index contributed by atoms with van der Waals surface area (Å²) in [6, 6.07) is 11.2. The van der Waals surface area contributed by atoms with Crippen LogP contribution in [0.2, 0.25) is 0 Å². The van der Waals surface area contributed by atoms with Crippen molar-refractivity contribution in [3.63, 3.8) is 0 Å². The van der Waals surface area contributed by atoms with Crippen LogP contribution in [-0.2, 0) is 6.42 Å². The van der Waals surface area contributed by atoms with Crippen LogP contribution in [0.1, 0.15) is 48.8 Å². The minimum atomic E-state index is 0.0244. The van der Waals surface area contributed by atoms with E-state index < -0.39 is 0 Å². The summed E-state index contributed by atoms with van der Waals surface area (Å²) < 4.78 is 22.6. The number of oxazole rings is 1. The summed E-state index contributed by atoms with van der Waals surface area (Å²) in [7, 11) is 0. The molecule has 0 amide bonds. The summed E-state index contributed by atoms with van der Waals surface area (Å²) in [4.78, 5) is 17.3. The molecule has 2 aromatic carbocycles. The number of carbonyl (C=O) groups excluding carboxylic acids is 1. The maximum absolute atomic E-state index is 12.8. The number of hydrogen-bond acceptors (Lipinski definition) is 6. The van der Waals surface area contributed by atoms with Crippen molar-refractivity contribution in [1.29, 1.82) is 0 Å². The Morgan fingerprint density at radius 2 is 1.71 bits per heavy atom. The van der Waals surface area contributed by atoms with Gasteiger partial charge in [0.25, 0.3) is 0 Å². The van der Waals surface area contributed by atoms with Crippen molar-refractivity contribution < 1.29 is 23.4 Å². The maximum Gasteiger partial charge on any atom is 0.226 e. The number of benzene rings is 2. The number of rotatable bonds is 11. The number of ketones is 1. The summed E-state index contributed by atoms with van der Waals surface area (Å²) >= 11 is 0. The lowest BCUT2D eigenvalue weighted by atomic mass is 10.0. The summed E-state index contributed by atoms with van der Waals surface area (Å²) in [5.74, 6) is 2.51. The van der Waals surface area contributed by atoms with E-state index in [2.05, 4.69) is 4.98 Å². The number of aryl methyl sites for hydroxylation is 2. The topological polar surface area (TPSA) is 70.8 Å². The molecule has 0 N–H and O–H groups in total. The zero-order valence-corrected chi connectivity index (χ0v) is 18.6. The predicted molar refractivity (Wildman–Crippen MR) is 119 cm³/mol. The highest BCUT2D eigenvalue weighted by Crippen LogP contribution is 2.33. The fourth-order valence-electron chi connectivity index (χ4n) is 3.32. The lowest BCUT2D eigenvalue weighted by Crippen LogP contribution is -2.06. The molecule has 0 saturated heterocycles. The third kappa shape index (κ3) is 5.45. The van der Waals surface area contributed by atoms with E-state index >= 15 is 0 Å². The molecule has 0 spiro atoms. The molecule has 0 radical (unpaired) electrons. The van der Waals surface area contributed by atoms with Gasteiger partial charge in [0.2, 0.25) is 5.89 Å². The van der Waals surface area contributed by atoms with Gasteiger partial charge in [0.15, 0.2) is 17.3 Å². The monoisotopic (exact) mass is 423 g/mol. The lowest BCUT2D eigenvalue weighted by molar-refractivity contribution is 0.0978. The average molecular weight is 424 g/mol. The van der Waals surface area contributed by atoms with Crippen LogP contribution in [0, 0.1) is 6.92 Å². The Hall–Kier alpha value is -3.28. The first-order chi connectivity index (χ1) is 15.1. The van der Waals surface area contributed by atoms with Gasteiger partial charge in [0.05, 0.1) is 31.1 Å². The van der Waals surface area contributed by atoms with E-state index in [4.69, 9.17) is 18.6 Å². The van der Waals surface area contributed by atoms with Gasteiger partial charge in [-0.3, -0.25) is 4.79 Å². The molecule has 164 valence electrons. The van der Waals surface area contributed by atoms with E-state index in [-0.39, 0.29) is 5.78 Å². The lowest BCUT2D eigenvalue weighted by Gasteiger charge is -2.11. The van der Waals surface area contributed by atoms with Gasteiger partial charge in [-0.2, -0.15) is 0 Å². The van der Waals surface area contributed by atoms with Gasteiger partial charge in [-0.25, -0.2) is 4.98 Å². The quantitative estimate of drug-likeness (QED) is 0.371. The Labute approximate surface area is 183 Å². The summed E-state index contributed by atoms with van der Waals surface area (Å²) in [6.07, 6.45) is 2.40. The van der Waals surface area contributed by atoms with E-state index in [0.29, 0.717) is 61.4 Å². The van der Waals surface area contributed by atoms with Crippen molar-refractivity contribution in [2.75, 3.05) is 19.8 Å². The number of hydrogen-bond donors (Lipinski definition) is 0. The molecule has 0 aliphatic heterocycles. The smallest absolute Gasteiger partial charge is 0.226 e. The van der Waals surface area contributed by atoms with Crippen molar-refractivity contribution in [2.24, 2.45) is 0 Å². The van der Waals surface area contributed by atoms with E-state index in [9.17, 15) is 4.79 Å². The Morgan fingerprint density at radius 1 is 0.968 bits per heavy atom. The number of Topliss-reactive ketones (excluding diaryl/α,β-unsaturated/α-hetero) is 1. The van der Waals surface area contributed by atoms with Gasteiger partial charge in [0.1, 0.15) is 12.0 Å². The molecule has 0 saturated carbocycles. The van der Waals surface area contributed by atoms with Crippen LogP contribution in [0.25, 0.3) is 11.5 Å². The molecule has 0 atom stereocenters. The van der Waals surface area contributed by atoms with Crippen molar-refractivity contribution in [1.82, 2.24) is 4.98 Å². The standard InChI is InChI=1S/C25H29NO5/c1-5-28-22-14-11-18(15-23(22)29-6-2)25-26-19(16-31-25)12-13-21(27)20-10-8-9-17(4)24(20)30-7-3/h8-11,14-16H,5-7,12-13H2,1-4H3. The highest BCUT2D eigenvalue weighted by atomic mass is 16.5. The second-order valence-corrected chi connectivity index (χ2v) is 6.98. The van der Waals surface area contributed by atoms with Crippen LogP contribution in [0.3, 0.4) is 0 Å². The maximum atomic E-state index is 12.8. The first-order valence-corrected chi connectivity index (χ1v) is 10.7. The van der Waals surface area contributed by atoms with E-state index in [1.807, 2.05) is 64.1 Å². The molecule has 3 aromatic rings. The van der Waals surface area contributed by atoms with Crippen LogP contribution in [0.15, 0.2) is 47.1 Å². The molecule has 6 heteroatoms. The molecule has 0 aliphatic rings. The Kier molecular flexibility index (Phi) is 7.70. The molecule has 3 rings (SSSR count). The fourth-order valence-corrected chi connectivity index (χ4v) is 3.32. The van der Waals surface area contributed by atoms with E-state index in [1.54, 1.807) is 6.26 Å². The van der Waals surface area contributed by atoms with Crippen LogP contribution < -0.4 is 14.2 Å². The molecular formula is C25H29NO5. The van der Waals surface area contributed by atoms with Gasteiger partial charge in [-0.05, 0) is 57.5 Å². The number of para-hydroxylation sites is 1. The van der Waals surface area contributed by atoms with E-state index in [0.717, 1.165) is 16.8 Å². The largest absolute Gasteiger partial charge is 0.493 e. The molecule has 0 fully saturated rings. The van der Waals surface area contributed by atoms with Crippen LogP contribution in [0.5, 0.6) is 17.2 Å². The number of ether oxygens (including phenoxy) is 3. The normalized spacial score (nSPS) is 10.7. The molecule has 0 unspecified atom stereocenters. The van der Waals surface area contributed by atoms with Gasteiger partial charge in [-0.15, -0.1) is 0 Å². The molecule has 1 heterocycles.